The third-order valence-electron chi connectivity index (χ3n) is 5.80. The topological polar surface area (TPSA) is 38.3 Å². The van der Waals surface area contributed by atoms with Crippen LogP contribution in [0.15, 0.2) is 0 Å². The van der Waals surface area contributed by atoms with E-state index in [1.807, 2.05) is 0 Å². The molecule has 0 spiro atoms. The molecule has 160 valence electrons. The third kappa shape index (κ3) is 16.1. The summed E-state index contributed by atoms with van der Waals surface area (Å²) < 4.78 is 5.44. The van der Waals surface area contributed by atoms with Gasteiger partial charge in [-0.05, 0) is 19.4 Å². The smallest absolute Gasteiger partial charge is 0.306 e. The first-order chi connectivity index (χ1) is 13.3. The van der Waals surface area contributed by atoms with Crippen molar-refractivity contribution in [3.63, 3.8) is 0 Å². The fraction of sp³-hybridized carbons (Fsp3) is 0.958. The fourth-order valence-corrected chi connectivity index (χ4v) is 3.97. The van der Waals surface area contributed by atoms with Crippen LogP contribution in [0.4, 0.5) is 0 Å². The Balaban J connectivity index is 1.69. The second-order valence-corrected chi connectivity index (χ2v) is 8.51. The SMILES string of the molecule is CCCCCCCCCCCCCCCCCCCC(=O)OC1CCNC1. The number of esters is 1. The monoisotopic (exact) mass is 381 g/mol. The van der Waals surface area contributed by atoms with E-state index in [1.165, 1.54) is 103 Å². The molecule has 1 saturated heterocycles. The van der Waals surface area contributed by atoms with Gasteiger partial charge in [0.2, 0.25) is 0 Å². The van der Waals surface area contributed by atoms with Gasteiger partial charge < -0.3 is 10.1 Å². The van der Waals surface area contributed by atoms with Crippen LogP contribution in [0.1, 0.15) is 129 Å². The first-order valence-electron chi connectivity index (χ1n) is 12.2. The Morgan fingerprint density at radius 3 is 1.59 bits per heavy atom. The van der Waals surface area contributed by atoms with Crippen molar-refractivity contribution >= 4 is 5.97 Å². The molecule has 27 heavy (non-hydrogen) atoms. The molecule has 0 aromatic heterocycles. The Kier molecular flexibility index (Phi) is 17.0. The van der Waals surface area contributed by atoms with E-state index in [1.54, 1.807) is 0 Å². The summed E-state index contributed by atoms with van der Waals surface area (Å²) in [6.07, 6.45) is 25.0. The van der Waals surface area contributed by atoms with Gasteiger partial charge in [0.25, 0.3) is 0 Å². The van der Waals surface area contributed by atoms with Crippen molar-refractivity contribution < 1.29 is 9.53 Å². The zero-order valence-electron chi connectivity index (χ0n) is 18.2. The van der Waals surface area contributed by atoms with Crippen LogP contribution in [0.5, 0.6) is 0 Å². The number of ether oxygens (including phenoxy) is 1. The molecular formula is C24H47NO2. The lowest BCUT2D eigenvalue weighted by molar-refractivity contribution is -0.148. The van der Waals surface area contributed by atoms with Crippen LogP contribution in [0, 0.1) is 0 Å². The van der Waals surface area contributed by atoms with Crippen molar-refractivity contribution in [2.75, 3.05) is 13.1 Å². The van der Waals surface area contributed by atoms with Crippen molar-refractivity contribution in [3.05, 3.63) is 0 Å². The van der Waals surface area contributed by atoms with Gasteiger partial charge in [-0.2, -0.15) is 0 Å². The van der Waals surface area contributed by atoms with Crippen molar-refractivity contribution in [2.45, 2.75) is 135 Å². The van der Waals surface area contributed by atoms with Gasteiger partial charge in [0, 0.05) is 13.0 Å². The third-order valence-corrected chi connectivity index (χ3v) is 5.80. The van der Waals surface area contributed by atoms with Crippen LogP contribution in [-0.2, 0) is 9.53 Å². The molecule has 3 nitrogen and oxygen atoms in total. The number of rotatable bonds is 19. The van der Waals surface area contributed by atoms with Crippen LogP contribution >= 0.6 is 0 Å². The van der Waals surface area contributed by atoms with E-state index in [2.05, 4.69) is 12.2 Å². The summed E-state index contributed by atoms with van der Waals surface area (Å²) in [5.41, 5.74) is 0. The molecule has 0 aromatic carbocycles. The van der Waals surface area contributed by atoms with E-state index in [0.29, 0.717) is 6.42 Å². The Labute approximate surface area is 169 Å². The van der Waals surface area contributed by atoms with Crippen LogP contribution in [0.2, 0.25) is 0 Å². The molecule has 1 unspecified atom stereocenters. The molecule has 0 radical (unpaired) electrons. The van der Waals surface area contributed by atoms with Gasteiger partial charge in [0.1, 0.15) is 6.10 Å². The van der Waals surface area contributed by atoms with Crippen LogP contribution < -0.4 is 5.32 Å². The maximum atomic E-state index is 11.7. The Hall–Kier alpha value is -0.570. The van der Waals surface area contributed by atoms with E-state index in [9.17, 15) is 4.79 Å². The second-order valence-electron chi connectivity index (χ2n) is 8.51. The summed E-state index contributed by atoms with van der Waals surface area (Å²) in [7, 11) is 0. The first kappa shape index (κ1) is 24.5. The molecule has 0 bridgehead atoms. The molecule has 1 heterocycles. The van der Waals surface area contributed by atoms with E-state index in [0.717, 1.165) is 25.9 Å². The molecular weight excluding hydrogens is 334 g/mol. The van der Waals surface area contributed by atoms with Crippen LogP contribution in [0.3, 0.4) is 0 Å². The maximum Gasteiger partial charge on any atom is 0.306 e. The van der Waals surface area contributed by atoms with Gasteiger partial charge in [-0.1, -0.05) is 110 Å². The molecule has 0 aliphatic carbocycles. The van der Waals surface area contributed by atoms with E-state index < -0.39 is 0 Å². The van der Waals surface area contributed by atoms with Gasteiger partial charge in [-0.15, -0.1) is 0 Å². The Morgan fingerprint density at radius 1 is 0.741 bits per heavy atom. The standard InChI is InChI=1S/C24H47NO2/c1-2-3-4-5-6-7-8-9-10-11-12-13-14-15-16-17-18-19-24(26)27-23-20-21-25-22-23/h23,25H,2-22H2,1H3. The lowest BCUT2D eigenvalue weighted by Crippen LogP contribution is -2.20. The molecule has 1 fully saturated rings. The number of carbonyl (C=O) groups excluding carboxylic acids is 1. The highest BCUT2D eigenvalue weighted by Crippen LogP contribution is 2.14. The average Bonchev–Trinajstić information content (AvgIpc) is 3.17. The summed E-state index contributed by atoms with van der Waals surface area (Å²) in [4.78, 5) is 11.7. The zero-order valence-corrected chi connectivity index (χ0v) is 18.2. The minimum atomic E-state index is 0.00431. The summed E-state index contributed by atoms with van der Waals surface area (Å²) in [5.74, 6) is 0.00431. The lowest BCUT2D eigenvalue weighted by atomic mass is 10.0. The Morgan fingerprint density at radius 2 is 1.19 bits per heavy atom. The average molecular weight is 382 g/mol. The predicted octanol–water partition coefficient (Wildman–Crippen LogP) is 6.93. The molecule has 1 aliphatic heterocycles. The van der Waals surface area contributed by atoms with E-state index >= 15 is 0 Å². The highest BCUT2D eigenvalue weighted by atomic mass is 16.5. The van der Waals surface area contributed by atoms with Crippen molar-refractivity contribution in [1.82, 2.24) is 5.32 Å². The molecule has 1 rings (SSSR count). The number of hydrogen-bond donors (Lipinski definition) is 1. The summed E-state index contributed by atoms with van der Waals surface area (Å²) in [5, 5.41) is 3.23. The largest absolute Gasteiger partial charge is 0.461 e. The van der Waals surface area contributed by atoms with Crippen LogP contribution in [-0.4, -0.2) is 25.2 Å². The second kappa shape index (κ2) is 18.8. The van der Waals surface area contributed by atoms with Crippen molar-refractivity contribution in [3.8, 4) is 0 Å². The normalized spacial score (nSPS) is 16.7. The predicted molar refractivity (Wildman–Crippen MR) is 116 cm³/mol. The van der Waals surface area contributed by atoms with Gasteiger partial charge in [-0.3, -0.25) is 4.79 Å². The van der Waals surface area contributed by atoms with Gasteiger partial charge in [0.15, 0.2) is 0 Å². The van der Waals surface area contributed by atoms with E-state index in [4.69, 9.17) is 4.74 Å². The number of nitrogens with one attached hydrogen (secondary N) is 1. The minimum absolute atomic E-state index is 0.00431. The van der Waals surface area contributed by atoms with Gasteiger partial charge in [-0.25, -0.2) is 0 Å². The summed E-state index contributed by atoms with van der Waals surface area (Å²) in [6, 6.07) is 0. The molecule has 0 aromatic rings. The Bertz CT molecular complexity index is 326. The van der Waals surface area contributed by atoms with Crippen molar-refractivity contribution in [2.24, 2.45) is 0 Å². The van der Waals surface area contributed by atoms with E-state index in [-0.39, 0.29) is 12.1 Å². The first-order valence-corrected chi connectivity index (χ1v) is 12.2. The highest BCUT2D eigenvalue weighted by Gasteiger charge is 2.18. The number of hydrogen-bond acceptors (Lipinski definition) is 3. The molecule has 1 atom stereocenters. The number of carbonyl (C=O) groups is 1. The zero-order chi connectivity index (χ0) is 19.4. The lowest BCUT2D eigenvalue weighted by Gasteiger charge is -2.10. The number of unbranched alkanes of at least 4 members (excludes halogenated alkanes) is 16. The van der Waals surface area contributed by atoms with Crippen LogP contribution in [0.25, 0.3) is 0 Å². The van der Waals surface area contributed by atoms with Crippen molar-refractivity contribution in [1.29, 1.82) is 0 Å². The molecule has 1 aliphatic rings. The maximum absolute atomic E-state index is 11.7. The van der Waals surface area contributed by atoms with Gasteiger partial charge in [0.05, 0.1) is 0 Å². The highest BCUT2D eigenvalue weighted by molar-refractivity contribution is 5.69. The summed E-state index contributed by atoms with van der Waals surface area (Å²) >= 11 is 0. The molecule has 1 N–H and O–H groups in total. The molecule has 0 amide bonds. The quantitative estimate of drug-likeness (QED) is 0.195. The minimum Gasteiger partial charge on any atom is -0.461 e. The van der Waals surface area contributed by atoms with Gasteiger partial charge >= 0.3 is 5.97 Å². The molecule has 3 heteroatoms. The molecule has 0 saturated carbocycles. The summed E-state index contributed by atoms with van der Waals surface area (Å²) in [6.45, 7) is 4.11. The fourth-order valence-electron chi connectivity index (χ4n) is 3.97.